The Balaban J connectivity index is 2.96. The van der Waals surface area contributed by atoms with E-state index in [1.807, 2.05) is 0 Å². The zero-order chi connectivity index (χ0) is 12.6. The molecule has 0 aliphatic heterocycles. The molecule has 2 heteroatoms. The van der Waals surface area contributed by atoms with E-state index in [2.05, 4.69) is 46.7 Å². The van der Waals surface area contributed by atoms with Gasteiger partial charge < -0.3 is 10.0 Å². The molecule has 3 unspecified atom stereocenters. The Kier molecular flexibility index (Phi) is 4.07. The number of rotatable bonds is 2. The van der Waals surface area contributed by atoms with E-state index in [1.54, 1.807) is 0 Å². The zero-order valence-electron chi connectivity index (χ0n) is 11.9. The molecular formula is C14H29NO. The van der Waals surface area contributed by atoms with E-state index < -0.39 is 0 Å². The van der Waals surface area contributed by atoms with Crippen LogP contribution in [0.4, 0.5) is 0 Å². The molecule has 0 bridgehead atoms. The average Bonchev–Trinajstić information content (AvgIpc) is 2.14. The van der Waals surface area contributed by atoms with Gasteiger partial charge in [-0.15, -0.1) is 0 Å². The summed E-state index contributed by atoms with van der Waals surface area (Å²) in [5.74, 6) is 0.730. The number of likely N-dealkylation sites (N-methyl/N-ethyl adjacent to an activating group) is 1. The van der Waals surface area contributed by atoms with Crippen molar-refractivity contribution in [2.45, 2.75) is 65.0 Å². The molecular weight excluding hydrogens is 198 g/mol. The van der Waals surface area contributed by atoms with Gasteiger partial charge in [0.25, 0.3) is 0 Å². The van der Waals surface area contributed by atoms with Crippen LogP contribution < -0.4 is 0 Å². The molecule has 1 aliphatic rings. The summed E-state index contributed by atoms with van der Waals surface area (Å²) in [5, 5.41) is 10.7. The maximum atomic E-state index is 10.7. The van der Waals surface area contributed by atoms with Gasteiger partial charge >= 0.3 is 0 Å². The zero-order valence-corrected chi connectivity index (χ0v) is 11.9. The van der Waals surface area contributed by atoms with Crippen LogP contribution in [0, 0.1) is 11.3 Å². The number of aliphatic hydroxyl groups excluding tert-OH is 1. The summed E-state index contributed by atoms with van der Waals surface area (Å²) < 4.78 is 0. The van der Waals surface area contributed by atoms with Crippen molar-refractivity contribution in [3.63, 3.8) is 0 Å². The standard InChI is InChI=1S/C14H29NO/c1-11-8-7-9-14(10-11,15(5)6)12(16)13(2,3)4/h11-12,16H,7-10H2,1-6H3. The normalized spacial score (nSPS) is 34.1. The largest absolute Gasteiger partial charge is 0.391 e. The number of aliphatic hydroxyl groups is 1. The van der Waals surface area contributed by atoms with E-state index in [-0.39, 0.29) is 17.1 Å². The fraction of sp³-hybridized carbons (Fsp3) is 1.00. The van der Waals surface area contributed by atoms with Gasteiger partial charge in [0.05, 0.1) is 6.10 Å². The third kappa shape index (κ3) is 2.60. The van der Waals surface area contributed by atoms with Crippen LogP contribution in [0.5, 0.6) is 0 Å². The molecule has 1 rings (SSSR count). The molecule has 1 saturated carbocycles. The van der Waals surface area contributed by atoms with E-state index in [1.165, 1.54) is 12.8 Å². The van der Waals surface area contributed by atoms with Crippen LogP contribution in [-0.4, -0.2) is 35.7 Å². The average molecular weight is 227 g/mol. The van der Waals surface area contributed by atoms with Crippen molar-refractivity contribution in [1.82, 2.24) is 4.90 Å². The lowest BCUT2D eigenvalue weighted by Crippen LogP contribution is -2.60. The second kappa shape index (κ2) is 4.66. The Morgan fingerprint density at radius 3 is 2.25 bits per heavy atom. The van der Waals surface area contributed by atoms with Crippen molar-refractivity contribution >= 4 is 0 Å². The van der Waals surface area contributed by atoms with Crippen LogP contribution in [0.25, 0.3) is 0 Å². The van der Waals surface area contributed by atoms with Gasteiger partial charge in [0, 0.05) is 5.54 Å². The molecule has 16 heavy (non-hydrogen) atoms. The maximum absolute atomic E-state index is 10.7. The minimum atomic E-state index is -0.252. The highest BCUT2D eigenvalue weighted by atomic mass is 16.3. The maximum Gasteiger partial charge on any atom is 0.0771 e. The van der Waals surface area contributed by atoms with Crippen LogP contribution in [0.1, 0.15) is 53.4 Å². The molecule has 1 aliphatic carbocycles. The first-order chi connectivity index (χ1) is 7.20. The minimum absolute atomic E-state index is 0.0179. The Hall–Kier alpha value is -0.0800. The fourth-order valence-electron chi connectivity index (χ4n) is 3.27. The Labute approximate surface area is 101 Å². The molecule has 0 aromatic heterocycles. The molecule has 0 aromatic rings. The molecule has 96 valence electrons. The number of hydrogen-bond acceptors (Lipinski definition) is 2. The smallest absolute Gasteiger partial charge is 0.0771 e. The van der Waals surface area contributed by atoms with Crippen molar-refractivity contribution < 1.29 is 5.11 Å². The van der Waals surface area contributed by atoms with E-state index in [9.17, 15) is 5.11 Å². The first-order valence-electron chi connectivity index (χ1n) is 6.55. The molecule has 0 radical (unpaired) electrons. The predicted octanol–water partition coefficient (Wildman–Crippen LogP) is 2.90. The van der Waals surface area contributed by atoms with Gasteiger partial charge in [-0.25, -0.2) is 0 Å². The molecule has 0 saturated heterocycles. The van der Waals surface area contributed by atoms with Crippen molar-refractivity contribution in [3.8, 4) is 0 Å². The summed E-state index contributed by atoms with van der Waals surface area (Å²) >= 11 is 0. The van der Waals surface area contributed by atoms with Gasteiger partial charge in [0.2, 0.25) is 0 Å². The predicted molar refractivity (Wildman–Crippen MR) is 69.5 cm³/mol. The van der Waals surface area contributed by atoms with Crippen LogP contribution in [0.2, 0.25) is 0 Å². The summed E-state index contributed by atoms with van der Waals surface area (Å²) in [7, 11) is 4.24. The summed E-state index contributed by atoms with van der Waals surface area (Å²) in [6.07, 6.45) is 4.55. The van der Waals surface area contributed by atoms with E-state index in [4.69, 9.17) is 0 Å². The van der Waals surface area contributed by atoms with Crippen molar-refractivity contribution in [3.05, 3.63) is 0 Å². The van der Waals surface area contributed by atoms with Gasteiger partial charge in [-0.3, -0.25) is 0 Å². The summed E-state index contributed by atoms with van der Waals surface area (Å²) in [6, 6.07) is 0. The van der Waals surface area contributed by atoms with Gasteiger partial charge in [-0.1, -0.05) is 40.5 Å². The molecule has 3 atom stereocenters. The highest BCUT2D eigenvalue weighted by Crippen LogP contribution is 2.43. The monoisotopic (exact) mass is 227 g/mol. The molecule has 0 aromatic carbocycles. The van der Waals surface area contributed by atoms with Crippen molar-refractivity contribution in [1.29, 1.82) is 0 Å². The highest BCUT2D eigenvalue weighted by molar-refractivity contribution is 5.02. The SMILES string of the molecule is CC1CCCC(C(O)C(C)(C)C)(N(C)C)C1. The van der Waals surface area contributed by atoms with Gasteiger partial charge in [0.1, 0.15) is 0 Å². The van der Waals surface area contributed by atoms with Gasteiger partial charge in [0.15, 0.2) is 0 Å². The lowest BCUT2D eigenvalue weighted by atomic mass is 9.66. The van der Waals surface area contributed by atoms with Gasteiger partial charge in [-0.2, -0.15) is 0 Å². The second-order valence-corrected chi connectivity index (χ2v) is 6.97. The molecule has 1 fully saturated rings. The number of nitrogens with zero attached hydrogens (tertiary/aromatic N) is 1. The molecule has 0 amide bonds. The Bertz CT molecular complexity index is 231. The lowest BCUT2D eigenvalue weighted by Gasteiger charge is -2.52. The third-order valence-electron chi connectivity index (χ3n) is 4.23. The molecule has 2 nitrogen and oxygen atoms in total. The Morgan fingerprint density at radius 1 is 1.31 bits per heavy atom. The topological polar surface area (TPSA) is 23.5 Å². The first-order valence-corrected chi connectivity index (χ1v) is 6.55. The second-order valence-electron chi connectivity index (χ2n) is 6.97. The molecule has 0 spiro atoms. The van der Waals surface area contributed by atoms with Crippen LogP contribution in [-0.2, 0) is 0 Å². The third-order valence-corrected chi connectivity index (χ3v) is 4.23. The number of hydrogen-bond donors (Lipinski definition) is 1. The molecule has 1 N–H and O–H groups in total. The summed E-state index contributed by atoms with van der Waals surface area (Å²) in [6.45, 7) is 8.74. The lowest BCUT2D eigenvalue weighted by molar-refractivity contribution is -0.0929. The minimum Gasteiger partial charge on any atom is -0.391 e. The van der Waals surface area contributed by atoms with Crippen LogP contribution in [0.15, 0.2) is 0 Å². The Morgan fingerprint density at radius 2 is 1.88 bits per heavy atom. The highest BCUT2D eigenvalue weighted by Gasteiger charge is 2.47. The summed E-state index contributed by atoms with van der Waals surface area (Å²) in [4.78, 5) is 2.26. The molecule has 0 heterocycles. The fourth-order valence-corrected chi connectivity index (χ4v) is 3.27. The van der Waals surface area contributed by atoms with E-state index in [0.29, 0.717) is 0 Å². The summed E-state index contributed by atoms with van der Waals surface area (Å²) in [5.41, 5.74) is -0.0583. The van der Waals surface area contributed by atoms with Crippen LogP contribution in [0.3, 0.4) is 0 Å². The van der Waals surface area contributed by atoms with Crippen molar-refractivity contribution in [2.24, 2.45) is 11.3 Å². The van der Waals surface area contributed by atoms with E-state index in [0.717, 1.165) is 18.8 Å². The van der Waals surface area contributed by atoms with E-state index >= 15 is 0 Å². The quantitative estimate of drug-likeness (QED) is 0.784. The van der Waals surface area contributed by atoms with Gasteiger partial charge in [-0.05, 0) is 38.3 Å². The first kappa shape index (κ1) is 14.0. The van der Waals surface area contributed by atoms with Crippen molar-refractivity contribution in [2.75, 3.05) is 14.1 Å². The van der Waals surface area contributed by atoms with Crippen LogP contribution >= 0.6 is 0 Å².